The van der Waals surface area contributed by atoms with Crippen LogP contribution in [0.4, 0.5) is 10.1 Å². The van der Waals surface area contributed by atoms with Crippen molar-refractivity contribution in [3.05, 3.63) is 35.7 Å². The van der Waals surface area contributed by atoms with Gasteiger partial charge in [-0.15, -0.1) is 0 Å². The maximum Gasteiger partial charge on any atom is 0.125 e. The van der Waals surface area contributed by atoms with Gasteiger partial charge in [0.05, 0.1) is 12.5 Å². The van der Waals surface area contributed by atoms with Crippen molar-refractivity contribution < 1.29 is 4.39 Å². The molecule has 0 spiro atoms. The van der Waals surface area contributed by atoms with Crippen LogP contribution >= 0.6 is 0 Å². The fraction of sp³-hybridized carbons (Fsp3) is 0.100. The second-order valence-corrected chi connectivity index (χ2v) is 2.58. The van der Waals surface area contributed by atoms with Crippen LogP contribution in [-0.4, -0.2) is 0 Å². The van der Waals surface area contributed by atoms with E-state index < -0.39 is 0 Å². The highest BCUT2D eigenvalue weighted by atomic mass is 19.1. The molecule has 0 aliphatic rings. The monoisotopic (exact) mass is 176 g/mol. The van der Waals surface area contributed by atoms with Crippen molar-refractivity contribution >= 4 is 11.8 Å². The number of nitrogens with two attached hydrogens (primary N) is 1. The van der Waals surface area contributed by atoms with Gasteiger partial charge in [0.1, 0.15) is 5.82 Å². The molecule has 0 amide bonds. The predicted octanol–water partition coefficient (Wildman–Crippen LogP) is 2.33. The lowest BCUT2D eigenvalue weighted by Gasteiger charge is -1.96. The van der Waals surface area contributed by atoms with Gasteiger partial charge in [-0.05, 0) is 23.8 Å². The topological polar surface area (TPSA) is 49.8 Å². The minimum absolute atomic E-state index is 0.316. The molecule has 1 aromatic rings. The summed E-state index contributed by atoms with van der Waals surface area (Å²) in [6.45, 7) is 0. The second kappa shape index (κ2) is 4.27. The average Bonchev–Trinajstić information content (AvgIpc) is 2.03. The lowest BCUT2D eigenvalue weighted by molar-refractivity contribution is 0.628. The first-order chi connectivity index (χ1) is 6.22. The van der Waals surface area contributed by atoms with Crippen molar-refractivity contribution in [1.29, 1.82) is 5.26 Å². The fourth-order valence-corrected chi connectivity index (χ4v) is 0.980. The third kappa shape index (κ3) is 2.96. The molecule has 0 saturated heterocycles. The molecule has 0 heterocycles. The summed E-state index contributed by atoms with van der Waals surface area (Å²) in [7, 11) is 0. The van der Waals surface area contributed by atoms with Gasteiger partial charge in [0.15, 0.2) is 0 Å². The molecule has 0 aliphatic heterocycles. The largest absolute Gasteiger partial charge is 0.399 e. The number of rotatable bonds is 2. The molecule has 13 heavy (non-hydrogen) atoms. The Kier molecular flexibility index (Phi) is 3.04. The summed E-state index contributed by atoms with van der Waals surface area (Å²) in [5, 5.41) is 8.25. The van der Waals surface area contributed by atoms with Gasteiger partial charge in [-0.3, -0.25) is 0 Å². The fourth-order valence-electron chi connectivity index (χ4n) is 0.980. The van der Waals surface area contributed by atoms with Crippen molar-refractivity contribution in [3.63, 3.8) is 0 Å². The van der Waals surface area contributed by atoms with E-state index in [4.69, 9.17) is 11.0 Å². The van der Waals surface area contributed by atoms with E-state index in [1.54, 1.807) is 18.2 Å². The maximum absolute atomic E-state index is 12.8. The van der Waals surface area contributed by atoms with Gasteiger partial charge >= 0.3 is 0 Å². The Hall–Kier alpha value is -1.82. The van der Waals surface area contributed by atoms with E-state index >= 15 is 0 Å². The molecule has 0 aromatic heterocycles. The van der Waals surface area contributed by atoms with Crippen LogP contribution in [0.1, 0.15) is 12.0 Å². The highest BCUT2D eigenvalue weighted by Gasteiger charge is 1.94. The number of hydrogen-bond acceptors (Lipinski definition) is 2. The van der Waals surface area contributed by atoms with Crippen molar-refractivity contribution in [1.82, 2.24) is 0 Å². The quantitative estimate of drug-likeness (QED) is 0.703. The van der Waals surface area contributed by atoms with E-state index in [0.717, 1.165) is 0 Å². The molecular weight excluding hydrogens is 167 g/mol. The maximum atomic E-state index is 12.8. The summed E-state index contributed by atoms with van der Waals surface area (Å²) in [4.78, 5) is 0. The summed E-state index contributed by atoms with van der Waals surface area (Å²) in [6, 6.07) is 6.22. The Balaban J connectivity index is 2.84. The van der Waals surface area contributed by atoms with E-state index in [9.17, 15) is 4.39 Å². The molecule has 0 fully saturated rings. The van der Waals surface area contributed by atoms with Gasteiger partial charge in [0, 0.05) is 5.69 Å². The Labute approximate surface area is 76.1 Å². The molecule has 0 bridgehead atoms. The van der Waals surface area contributed by atoms with Crippen molar-refractivity contribution in [2.75, 3.05) is 5.73 Å². The molecule has 0 saturated carbocycles. The van der Waals surface area contributed by atoms with Crippen molar-refractivity contribution in [2.24, 2.45) is 0 Å². The number of anilines is 1. The molecular formula is C10H9FN2. The molecule has 0 unspecified atom stereocenters. The number of hydrogen-bond donors (Lipinski definition) is 1. The Morgan fingerprint density at radius 3 is 2.85 bits per heavy atom. The number of benzene rings is 1. The molecule has 1 aromatic carbocycles. The number of allylic oxidation sites excluding steroid dienone is 1. The predicted molar refractivity (Wildman–Crippen MR) is 50.1 cm³/mol. The Bertz CT molecular complexity index is 343. The lowest BCUT2D eigenvalue weighted by Crippen LogP contribution is -1.87. The smallest absolute Gasteiger partial charge is 0.125 e. The standard InChI is InChI=1S/C10H9FN2/c11-9-5-8(3-1-2-4-12)6-10(13)7-9/h1,3,5-7H,2,13H2. The van der Waals surface area contributed by atoms with E-state index in [1.807, 2.05) is 6.07 Å². The summed E-state index contributed by atoms with van der Waals surface area (Å²) < 4.78 is 12.8. The molecule has 1 rings (SSSR count). The zero-order chi connectivity index (χ0) is 9.68. The lowest BCUT2D eigenvalue weighted by atomic mass is 10.2. The Morgan fingerprint density at radius 1 is 1.46 bits per heavy atom. The summed E-state index contributed by atoms with van der Waals surface area (Å²) in [5.74, 6) is -0.364. The van der Waals surface area contributed by atoms with Crippen LogP contribution in [0.5, 0.6) is 0 Å². The van der Waals surface area contributed by atoms with Crippen LogP contribution in [-0.2, 0) is 0 Å². The van der Waals surface area contributed by atoms with E-state index in [0.29, 0.717) is 17.7 Å². The van der Waals surface area contributed by atoms with Gasteiger partial charge in [-0.1, -0.05) is 12.2 Å². The zero-order valence-electron chi connectivity index (χ0n) is 7.00. The summed E-state index contributed by atoms with van der Waals surface area (Å²) in [6.07, 6.45) is 3.65. The zero-order valence-corrected chi connectivity index (χ0v) is 7.00. The molecule has 3 heteroatoms. The number of nitrogens with zero attached hydrogens (tertiary/aromatic N) is 1. The van der Waals surface area contributed by atoms with Crippen molar-refractivity contribution in [3.8, 4) is 6.07 Å². The number of halogens is 1. The number of nitrogen functional groups attached to an aromatic ring is 1. The van der Waals surface area contributed by atoms with Gasteiger partial charge in [-0.25, -0.2) is 4.39 Å². The minimum Gasteiger partial charge on any atom is -0.399 e. The van der Waals surface area contributed by atoms with Crippen LogP contribution in [0, 0.1) is 17.1 Å². The van der Waals surface area contributed by atoms with E-state index in [1.165, 1.54) is 12.1 Å². The van der Waals surface area contributed by atoms with Gasteiger partial charge in [0.25, 0.3) is 0 Å². The van der Waals surface area contributed by atoms with Crippen LogP contribution in [0.2, 0.25) is 0 Å². The molecule has 0 aliphatic carbocycles. The highest BCUT2D eigenvalue weighted by molar-refractivity contribution is 5.55. The minimum atomic E-state index is -0.364. The second-order valence-electron chi connectivity index (χ2n) is 2.58. The van der Waals surface area contributed by atoms with Gasteiger partial charge in [0.2, 0.25) is 0 Å². The first-order valence-corrected chi connectivity index (χ1v) is 3.82. The molecule has 0 radical (unpaired) electrons. The summed E-state index contributed by atoms with van der Waals surface area (Å²) >= 11 is 0. The first-order valence-electron chi connectivity index (χ1n) is 3.82. The van der Waals surface area contributed by atoms with Crippen LogP contribution in [0.3, 0.4) is 0 Å². The molecule has 66 valence electrons. The van der Waals surface area contributed by atoms with E-state index in [-0.39, 0.29) is 5.82 Å². The summed E-state index contributed by atoms with van der Waals surface area (Å²) in [5.41, 5.74) is 6.48. The normalized spacial score (nSPS) is 10.2. The highest BCUT2D eigenvalue weighted by Crippen LogP contribution is 2.12. The molecule has 0 atom stereocenters. The number of nitriles is 1. The van der Waals surface area contributed by atoms with Gasteiger partial charge in [-0.2, -0.15) is 5.26 Å². The van der Waals surface area contributed by atoms with Crippen LogP contribution < -0.4 is 5.73 Å². The van der Waals surface area contributed by atoms with Crippen molar-refractivity contribution in [2.45, 2.75) is 6.42 Å². The third-order valence-electron chi connectivity index (χ3n) is 1.46. The average molecular weight is 176 g/mol. The first kappa shape index (κ1) is 9.27. The van der Waals surface area contributed by atoms with Crippen LogP contribution in [0.25, 0.3) is 6.08 Å². The Morgan fingerprint density at radius 2 is 2.23 bits per heavy atom. The molecule has 2 nitrogen and oxygen atoms in total. The third-order valence-corrected chi connectivity index (χ3v) is 1.46. The van der Waals surface area contributed by atoms with Crippen LogP contribution in [0.15, 0.2) is 24.3 Å². The van der Waals surface area contributed by atoms with E-state index in [2.05, 4.69) is 0 Å². The SMILES string of the molecule is N#CCC=Cc1cc(N)cc(F)c1. The van der Waals surface area contributed by atoms with Gasteiger partial charge < -0.3 is 5.73 Å². The molecule has 2 N–H and O–H groups in total.